The van der Waals surface area contributed by atoms with Crippen LogP contribution in [0.5, 0.6) is 5.75 Å². The predicted molar refractivity (Wildman–Crippen MR) is 86.4 cm³/mol. The number of hydrogen-bond donors (Lipinski definition) is 1. The van der Waals surface area contributed by atoms with E-state index < -0.39 is 0 Å². The fraction of sp³-hybridized carbons (Fsp3) is 0.188. The molecule has 0 aliphatic carbocycles. The van der Waals surface area contributed by atoms with Crippen LogP contribution < -0.4 is 10.1 Å². The Labute approximate surface area is 133 Å². The van der Waals surface area contributed by atoms with Gasteiger partial charge in [0.05, 0.1) is 23.7 Å². The molecule has 0 aliphatic rings. The van der Waals surface area contributed by atoms with Gasteiger partial charge < -0.3 is 10.1 Å². The van der Waals surface area contributed by atoms with Crippen molar-refractivity contribution < 1.29 is 9.53 Å². The molecule has 1 N–H and O–H groups in total. The van der Waals surface area contributed by atoms with E-state index in [1.165, 1.54) is 0 Å². The van der Waals surface area contributed by atoms with Crippen molar-refractivity contribution in [2.45, 2.75) is 13.3 Å². The van der Waals surface area contributed by atoms with Gasteiger partial charge in [0.15, 0.2) is 0 Å². The first kappa shape index (κ1) is 15.7. The highest BCUT2D eigenvalue weighted by molar-refractivity contribution is 6.35. The quantitative estimate of drug-likeness (QED) is 0.875. The molecule has 0 fully saturated rings. The summed E-state index contributed by atoms with van der Waals surface area (Å²) in [5.74, 6) is 0.642. The molecule has 0 saturated heterocycles. The molecule has 0 aromatic heterocycles. The summed E-state index contributed by atoms with van der Waals surface area (Å²) in [5, 5.41) is 3.73. The van der Waals surface area contributed by atoms with Gasteiger partial charge in [0, 0.05) is 5.02 Å². The number of rotatable bonds is 5. The second kappa shape index (κ2) is 7.34. The van der Waals surface area contributed by atoms with Gasteiger partial charge in [0.25, 0.3) is 0 Å². The SMILES string of the molecule is CCOc1ccc(CC(=O)Nc2cc(Cl)ccc2Cl)cc1. The summed E-state index contributed by atoms with van der Waals surface area (Å²) in [6, 6.07) is 12.4. The van der Waals surface area contributed by atoms with E-state index in [0.29, 0.717) is 22.3 Å². The van der Waals surface area contributed by atoms with Crippen LogP contribution in [0.1, 0.15) is 12.5 Å². The molecule has 0 atom stereocenters. The molecule has 0 radical (unpaired) electrons. The lowest BCUT2D eigenvalue weighted by molar-refractivity contribution is -0.115. The van der Waals surface area contributed by atoms with E-state index >= 15 is 0 Å². The average molecular weight is 324 g/mol. The van der Waals surface area contributed by atoms with Gasteiger partial charge in [-0.3, -0.25) is 4.79 Å². The van der Waals surface area contributed by atoms with Crippen LogP contribution in [0.3, 0.4) is 0 Å². The topological polar surface area (TPSA) is 38.3 Å². The molecule has 110 valence electrons. The molecule has 0 bridgehead atoms. The largest absolute Gasteiger partial charge is 0.494 e. The molecule has 2 rings (SSSR count). The molecule has 0 heterocycles. The maximum Gasteiger partial charge on any atom is 0.228 e. The molecule has 3 nitrogen and oxygen atoms in total. The molecule has 0 saturated carbocycles. The third-order valence-electron chi connectivity index (χ3n) is 2.80. The van der Waals surface area contributed by atoms with Crippen LogP contribution >= 0.6 is 23.2 Å². The summed E-state index contributed by atoms with van der Waals surface area (Å²) < 4.78 is 5.36. The summed E-state index contributed by atoms with van der Waals surface area (Å²) in [6.07, 6.45) is 0.259. The van der Waals surface area contributed by atoms with Crippen LogP contribution in [0, 0.1) is 0 Å². The second-order valence-electron chi connectivity index (χ2n) is 4.43. The maximum atomic E-state index is 12.0. The third-order valence-corrected chi connectivity index (χ3v) is 3.37. The van der Waals surface area contributed by atoms with Gasteiger partial charge in [-0.05, 0) is 42.8 Å². The zero-order valence-corrected chi connectivity index (χ0v) is 13.0. The van der Waals surface area contributed by atoms with Gasteiger partial charge in [0.2, 0.25) is 5.91 Å². The second-order valence-corrected chi connectivity index (χ2v) is 5.27. The Bertz CT molecular complexity index is 627. The Morgan fingerprint density at radius 2 is 1.86 bits per heavy atom. The molecular weight excluding hydrogens is 309 g/mol. The lowest BCUT2D eigenvalue weighted by atomic mass is 10.1. The number of ether oxygens (including phenoxy) is 1. The van der Waals surface area contributed by atoms with Crippen LogP contribution in [0.15, 0.2) is 42.5 Å². The minimum Gasteiger partial charge on any atom is -0.494 e. The van der Waals surface area contributed by atoms with E-state index in [4.69, 9.17) is 27.9 Å². The Hall–Kier alpha value is -1.71. The highest BCUT2D eigenvalue weighted by Crippen LogP contribution is 2.25. The van der Waals surface area contributed by atoms with E-state index in [9.17, 15) is 4.79 Å². The Kier molecular flexibility index (Phi) is 5.48. The van der Waals surface area contributed by atoms with Crippen LogP contribution in [-0.4, -0.2) is 12.5 Å². The fourth-order valence-electron chi connectivity index (χ4n) is 1.84. The standard InChI is InChI=1S/C16H15Cl2NO2/c1-2-21-13-6-3-11(4-7-13)9-16(20)19-15-10-12(17)5-8-14(15)18/h3-8,10H,2,9H2,1H3,(H,19,20). The number of hydrogen-bond acceptors (Lipinski definition) is 2. The van der Waals surface area contributed by atoms with E-state index in [-0.39, 0.29) is 12.3 Å². The number of carbonyl (C=O) groups is 1. The molecule has 0 unspecified atom stereocenters. The number of benzene rings is 2. The van der Waals surface area contributed by atoms with E-state index in [0.717, 1.165) is 11.3 Å². The Morgan fingerprint density at radius 3 is 2.52 bits per heavy atom. The van der Waals surface area contributed by atoms with Crippen LogP contribution in [0.4, 0.5) is 5.69 Å². The summed E-state index contributed by atoms with van der Waals surface area (Å²) >= 11 is 11.9. The normalized spacial score (nSPS) is 10.2. The molecule has 5 heteroatoms. The Balaban J connectivity index is 1.99. The summed E-state index contributed by atoms with van der Waals surface area (Å²) in [4.78, 5) is 12.0. The Morgan fingerprint density at radius 1 is 1.14 bits per heavy atom. The van der Waals surface area contributed by atoms with Crippen LogP contribution in [0.25, 0.3) is 0 Å². The monoisotopic (exact) mass is 323 g/mol. The zero-order valence-electron chi connectivity index (χ0n) is 11.5. The number of halogens is 2. The van der Waals surface area contributed by atoms with Gasteiger partial charge in [-0.2, -0.15) is 0 Å². The number of anilines is 1. The highest BCUT2D eigenvalue weighted by Gasteiger charge is 2.08. The number of amides is 1. The van der Waals surface area contributed by atoms with Crippen LogP contribution in [0.2, 0.25) is 10.0 Å². The van der Waals surface area contributed by atoms with Gasteiger partial charge in [-0.25, -0.2) is 0 Å². The van der Waals surface area contributed by atoms with Crippen molar-refractivity contribution in [1.82, 2.24) is 0 Å². The predicted octanol–water partition coefficient (Wildman–Crippen LogP) is 4.57. The van der Waals surface area contributed by atoms with Gasteiger partial charge >= 0.3 is 0 Å². The van der Waals surface area contributed by atoms with Crippen molar-refractivity contribution in [3.63, 3.8) is 0 Å². The first-order valence-electron chi connectivity index (χ1n) is 6.55. The summed E-state index contributed by atoms with van der Waals surface area (Å²) in [5.41, 5.74) is 1.41. The zero-order chi connectivity index (χ0) is 15.2. The maximum absolute atomic E-state index is 12.0. The van der Waals surface area contributed by atoms with Gasteiger partial charge in [-0.1, -0.05) is 35.3 Å². The van der Waals surface area contributed by atoms with E-state index in [1.54, 1.807) is 18.2 Å². The number of nitrogens with one attached hydrogen (secondary N) is 1. The molecule has 0 aliphatic heterocycles. The van der Waals surface area contributed by atoms with Crippen molar-refractivity contribution in [3.05, 3.63) is 58.1 Å². The fourth-order valence-corrected chi connectivity index (χ4v) is 2.18. The molecule has 21 heavy (non-hydrogen) atoms. The summed E-state index contributed by atoms with van der Waals surface area (Å²) in [6.45, 7) is 2.54. The van der Waals surface area contributed by atoms with Crippen molar-refractivity contribution in [2.75, 3.05) is 11.9 Å². The van der Waals surface area contributed by atoms with Gasteiger partial charge in [0.1, 0.15) is 5.75 Å². The molecule has 2 aromatic rings. The van der Waals surface area contributed by atoms with Crippen molar-refractivity contribution in [3.8, 4) is 5.75 Å². The first-order chi connectivity index (χ1) is 10.1. The molecule has 1 amide bonds. The van der Waals surface area contributed by atoms with E-state index in [2.05, 4.69) is 5.32 Å². The highest BCUT2D eigenvalue weighted by atomic mass is 35.5. The molecule has 0 spiro atoms. The molecule has 2 aromatic carbocycles. The van der Waals surface area contributed by atoms with Crippen LogP contribution in [-0.2, 0) is 11.2 Å². The van der Waals surface area contributed by atoms with E-state index in [1.807, 2.05) is 31.2 Å². The lowest BCUT2D eigenvalue weighted by Gasteiger charge is -2.08. The minimum absolute atomic E-state index is 0.150. The average Bonchev–Trinajstić information content (AvgIpc) is 2.45. The lowest BCUT2D eigenvalue weighted by Crippen LogP contribution is -2.14. The smallest absolute Gasteiger partial charge is 0.228 e. The summed E-state index contributed by atoms with van der Waals surface area (Å²) in [7, 11) is 0. The van der Waals surface area contributed by atoms with Crippen molar-refractivity contribution in [1.29, 1.82) is 0 Å². The van der Waals surface area contributed by atoms with Crippen molar-refractivity contribution >= 4 is 34.8 Å². The van der Waals surface area contributed by atoms with Crippen molar-refractivity contribution in [2.24, 2.45) is 0 Å². The first-order valence-corrected chi connectivity index (χ1v) is 7.30. The molecular formula is C16H15Cl2NO2. The van der Waals surface area contributed by atoms with Gasteiger partial charge in [-0.15, -0.1) is 0 Å². The third kappa shape index (κ3) is 4.66. The number of carbonyl (C=O) groups excluding carboxylic acids is 1. The minimum atomic E-state index is -0.150.